The van der Waals surface area contributed by atoms with Gasteiger partial charge in [0.2, 0.25) is 0 Å². The van der Waals surface area contributed by atoms with Gasteiger partial charge in [-0.2, -0.15) is 0 Å². The standard InChI is InChI=1S/C14H16N4O2/c1-10(11-5-3-2-4-6-11)20-14(19)13-9-18(17-16-13)12-7-15-8-12/h2-6,9-10,12,15H,7-8H2,1H3. The molecule has 2 aromatic rings. The summed E-state index contributed by atoms with van der Waals surface area (Å²) in [5.41, 5.74) is 1.20. The zero-order valence-electron chi connectivity index (χ0n) is 11.2. The van der Waals surface area contributed by atoms with Crippen molar-refractivity contribution in [2.75, 3.05) is 13.1 Å². The van der Waals surface area contributed by atoms with Gasteiger partial charge < -0.3 is 10.1 Å². The van der Waals surface area contributed by atoms with E-state index >= 15 is 0 Å². The van der Waals surface area contributed by atoms with Crippen LogP contribution in [0, 0.1) is 0 Å². The predicted molar refractivity (Wildman–Crippen MR) is 72.2 cm³/mol. The highest BCUT2D eigenvalue weighted by Gasteiger charge is 2.23. The minimum Gasteiger partial charge on any atom is -0.453 e. The summed E-state index contributed by atoms with van der Waals surface area (Å²) in [5.74, 6) is -0.445. The topological polar surface area (TPSA) is 69.0 Å². The Morgan fingerprint density at radius 2 is 2.15 bits per heavy atom. The lowest BCUT2D eigenvalue weighted by Crippen LogP contribution is -2.43. The minimum atomic E-state index is -0.445. The molecule has 104 valence electrons. The molecule has 1 atom stereocenters. The second-order valence-electron chi connectivity index (χ2n) is 4.85. The van der Waals surface area contributed by atoms with Crippen molar-refractivity contribution < 1.29 is 9.53 Å². The van der Waals surface area contributed by atoms with Crippen LogP contribution >= 0.6 is 0 Å². The van der Waals surface area contributed by atoms with Gasteiger partial charge >= 0.3 is 5.97 Å². The number of aromatic nitrogens is 3. The summed E-state index contributed by atoms with van der Waals surface area (Å²) in [6.07, 6.45) is 1.34. The Bertz CT molecular complexity index is 592. The van der Waals surface area contributed by atoms with E-state index in [2.05, 4.69) is 15.6 Å². The molecular formula is C14H16N4O2. The van der Waals surface area contributed by atoms with E-state index in [1.807, 2.05) is 37.3 Å². The lowest BCUT2D eigenvalue weighted by molar-refractivity contribution is 0.0330. The third kappa shape index (κ3) is 2.55. The number of hydrogen-bond donors (Lipinski definition) is 1. The van der Waals surface area contributed by atoms with Crippen molar-refractivity contribution in [3.63, 3.8) is 0 Å². The fourth-order valence-corrected chi connectivity index (χ4v) is 2.02. The summed E-state index contributed by atoms with van der Waals surface area (Å²) < 4.78 is 7.11. The third-order valence-corrected chi connectivity index (χ3v) is 3.41. The van der Waals surface area contributed by atoms with Crippen molar-refractivity contribution in [3.05, 3.63) is 47.8 Å². The van der Waals surface area contributed by atoms with Crippen LogP contribution in [-0.4, -0.2) is 34.1 Å². The predicted octanol–water partition coefficient (Wildman–Crippen LogP) is 1.34. The largest absolute Gasteiger partial charge is 0.453 e. The molecule has 1 fully saturated rings. The number of rotatable bonds is 4. The van der Waals surface area contributed by atoms with Gasteiger partial charge in [0.05, 0.1) is 12.2 Å². The molecule has 1 saturated heterocycles. The monoisotopic (exact) mass is 272 g/mol. The highest BCUT2D eigenvalue weighted by atomic mass is 16.5. The first-order valence-corrected chi connectivity index (χ1v) is 6.62. The molecule has 0 aliphatic carbocycles. The van der Waals surface area contributed by atoms with Gasteiger partial charge in [0.25, 0.3) is 0 Å². The Morgan fingerprint density at radius 1 is 1.40 bits per heavy atom. The lowest BCUT2D eigenvalue weighted by Gasteiger charge is -2.26. The van der Waals surface area contributed by atoms with Gasteiger partial charge in [-0.25, -0.2) is 9.48 Å². The van der Waals surface area contributed by atoms with Crippen LogP contribution in [0.15, 0.2) is 36.5 Å². The smallest absolute Gasteiger partial charge is 0.361 e. The molecule has 1 aromatic heterocycles. The molecule has 1 unspecified atom stereocenters. The van der Waals surface area contributed by atoms with Crippen LogP contribution < -0.4 is 5.32 Å². The number of hydrogen-bond acceptors (Lipinski definition) is 5. The summed E-state index contributed by atoms with van der Waals surface area (Å²) in [7, 11) is 0. The van der Waals surface area contributed by atoms with Crippen LogP contribution in [0.5, 0.6) is 0 Å². The quantitative estimate of drug-likeness (QED) is 0.851. The number of nitrogens with one attached hydrogen (secondary N) is 1. The van der Waals surface area contributed by atoms with Gasteiger partial charge in [-0.1, -0.05) is 35.5 Å². The van der Waals surface area contributed by atoms with E-state index in [-0.39, 0.29) is 17.8 Å². The summed E-state index contributed by atoms with van der Waals surface area (Å²) in [6.45, 7) is 3.56. The van der Waals surface area contributed by atoms with E-state index < -0.39 is 5.97 Å². The number of carbonyl (C=O) groups excluding carboxylic acids is 1. The van der Waals surface area contributed by atoms with E-state index in [1.165, 1.54) is 0 Å². The molecule has 20 heavy (non-hydrogen) atoms. The van der Waals surface area contributed by atoms with Crippen molar-refractivity contribution in [2.45, 2.75) is 19.1 Å². The average molecular weight is 272 g/mol. The molecule has 0 bridgehead atoms. The molecule has 3 rings (SSSR count). The van der Waals surface area contributed by atoms with Crippen molar-refractivity contribution in [3.8, 4) is 0 Å². The molecule has 0 spiro atoms. The molecular weight excluding hydrogens is 256 g/mol. The third-order valence-electron chi connectivity index (χ3n) is 3.41. The average Bonchev–Trinajstić information content (AvgIpc) is 2.87. The van der Waals surface area contributed by atoms with Crippen LogP contribution in [0.3, 0.4) is 0 Å². The van der Waals surface area contributed by atoms with Gasteiger partial charge in [0, 0.05) is 13.1 Å². The van der Waals surface area contributed by atoms with E-state index in [0.717, 1.165) is 18.7 Å². The first-order chi connectivity index (χ1) is 9.74. The number of nitrogens with zero attached hydrogens (tertiary/aromatic N) is 3. The Balaban J connectivity index is 1.65. The van der Waals surface area contributed by atoms with Gasteiger partial charge in [-0.15, -0.1) is 5.10 Å². The van der Waals surface area contributed by atoms with Crippen LogP contribution in [-0.2, 0) is 4.74 Å². The van der Waals surface area contributed by atoms with Crippen LogP contribution in [0.25, 0.3) is 0 Å². The Kier molecular flexibility index (Phi) is 3.47. The second kappa shape index (κ2) is 5.42. The van der Waals surface area contributed by atoms with Crippen molar-refractivity contribution >= 4 is 5.97 Å². The van der Waals surface area contributed by atoms with E-state index in [1.54, 1.807) is 10.9 Å². The molecule has 0 radical (unpaired) electrons. The highest BCUT2D eigenvalue weighted by Crippen LogP contribution is 2.18. The maximum Gasteiger partial charge on any atom is 0.361 e. The Hall–Kier alpha value is -2.21. The molecule has 6 heteroatoms. The maximum atomic E-state index is 12.0. The molecule has 2 heterocycles. The van der Waals surface area contributed by atoms with Gasteiger partial charge in [-0.05, 0) is 12.5 Å². The Labute approximate surface area is 116 Å². The number of benzene rings is 1. The van der Waals surface area contributed by atoms with E-state index in [9.17, 15) is 4.79 Å². The summed E-state index contributed by atoms with van der Waals surface area (Å²) in [6, 6.07) is 9.90. The van der Waals surface area contributed by atoms with Crippen LogP contribution in [0.1, 0.15) is 35.1 Å². The maximum absolute atomic E-state index is 12.0. The number of esters is 1. The Morgan fingerprint density at radius 3 is 2.80 bits per heavy atom. The van der Waals surface area contributed by atoms with Crippen molar-refractivity contribution in [1.29, 1.82) is 0 Å². The minimum absolute atomic E-state index is 0.250. The molecule has 1 aromatic carbocycles. The summed E-state index contributed by atoms with van der Waals surface area (Å²) in [4.78, 5) is 12.0. The fourth-order valence-electron chi connectivity index (χ4n) is 2.02. The van der Waals surface area contributed by atoms with Crippen LogP contribution in [0.2, 0.25) is 0 Å². The normalized spacial score (nSPS) is 16.4. The second-order valence-corrected chi connectivity index (χ2v) is 4.85. The molecule has 6 nitrogen and oxygen atoms in total. The zero-order valence-corrected chi connectivity index (χ0v) is 11.2. The zero-order chi connectivity index (χ0) is 13.9. The van der Waals surface area contributed by atoms with E-state index in [4.69, 9.17) is 4.74 Å². The molecule has 1 N–H and O–H groups in total. The van der Waals surface area contributed by atoms with Crippen molar-refractivity contribution in [1.82, 2.24) is 20.3 Å². The van der Waals surface area contributed by atoms with Crippen molar-refractivity contribution in [2.24, 2.45) is 0 Å². The van der Waals surface area contributed by atoms with Gasteiger partial charge in [0.1, 0.15) is 6.10 Å². The molecule has 1 aliphatic heterocycles. The van der Waals surface area contributed by atoms with Crippen LogP contribution in [0.4, 0.5) is 0 Å². The fraction of sp³-hybridized carbons (Fsp3) is 0.357. The van der Waals surface area contributed by atoms with Gasteiger partial charge in [-0.3, -0.25) is 0 Å². The molecule has 0 amide bonds. The molecule has 0 saturated carbocycles. The lowest BCUT2D eigenvalue weighted by atomic mass is 10.1. The SMILES string of the molecule is CC(OC(=O)c1cn(C2CNC2)nn1)c1ccccc1. The molecule has 1 aliphatic rings. The number of carbonyl (C=O) groups is 1. The van der Waals surface area contributed by atoms with Gasteiger partial charge in [0.15, 0.2) is 5.69 Å². The first kappa shape index (κ1) is 12.8. The number of ether oxygens (including phenoxy) is 1. The summed E-state index contributed by atoms with van der Waals surface area (Å²) in [5, 5.41) is 11.0. The highest BCUT2D eigenvalue weighted by molar-refractivity contribution is 5.86. The first-order valence-electron chi connectivity index (χ1n) is 6.62. The summed E-state index contributed by atoms with van der Waals surface area (Å²) >= 11 is 0. The van der Waals surface area contributed by atoms with E-state index in [0.29, 0.717) is 0 Å².